The summed E-state index contributed by atoms with van der Waals surface area (Å²) in [5.41, 5.74) is 3.58. The highest BCUT2D eigenvalue weighted by Gasteiger charge is 2.21. The summed E-state index contributed by atoms with van der Waals surface area (Å²) in [6.45, 7) is 8.03. The zero-order chi connectivity index (χ0) is 25.2. The van der Waals surface area contributed by atoms with Crippen molar-refractivity contribution in [1.82, 2.24) is 20.5 Å². The minimum absolute atomic E-state index is 0.0547. The van der Waals surface area contributed by atoms with E-state index in [1.54, 1.807) is 12.4 Å². The fourth-order valence-electron chi connectivity index (χ4n) is 5.14. The van der Waals surface area contributed by atoms with Gasteiger partial charge in [-0.2, -0.15) is 0 Å². The van der Waals surface area contributed by atoms with Gasteiger partial charge in [0.25, 0.3) is 0 Å². The number of nitrogens with one attached hydrogen (secondary N) is 2. The van der Waals surface area contributed by atoms with Crippen LogP contribution in [0.15, 0.2) is 48.8 Å². The van der Waals surface area contributed by atoms with Gasteiger partial charge in [-0.1, -0.05) is 19.1 Å². The molecule has 2 aliphatic rings. The minimum atomic E-state index is -0.0965. The molecule has 194 valence electrons. The van der Waals surface area contributed by atoms with Crippen LogP contribution in [0.1, 0.15) is 56.6 Å². The molecule has 0 aliphatic carbocycles. The molecule has 2 amide bonds. The quantitative estimate of drug-likeness (QED) is 0.644. The molecule has 7 heteroatoms. The highest BCUT2D eigenvalue weighted by molar-refractivity contribution is 5.79. The number of pyridine rings is 1. The zero-order valence-electron chi connectivity index (χ0n) is 21.6. The van der Waals surface area contributed by atoms with Crippen molar-refractivity contribution >= 4 is 17.5 Å². The Morgan fingerprint density at radius 2 is 1.72 bits per heavy atom. The maximum atomic E-state index is 13.1. The number of hydrogen-bond acceptors (Lipinski definition) is 5. The summed E-state index contributed by atoms with van der Waals surface area (Å²) in [4.78, 5) is 34.2. The van der Waals surface area contributed by atoms with Gasteiger partial charge in [-0.3, -0.25) is 19.5 Å². The first-order chi connectivity index (χ1) is 17.6. The maximum absolute atomic E-state index is 13.1. The van der Waals surface area contributed by atoms with E-state index in [9.17, 15) is 9.59 Å². The summed E-state index contributed by atoms with van der Waals surface area (Å²) in [6.07, 6.45) is 9.01. The average Bonchev–Trinajstić information content (AvgIpc) is 2.94. The van der Waals surface area contributed by atoms with E-state index in [0.29, 0.717) is 25.9 Å². The van der Waals surface area contributed by atoms with E-state index in [-0.39, 0.29) is 17.7 Å². The smallest absolute Gasteiger partial charge is 0.223 e. The summed E-state index contributed by atoms with van der Waals surface area (Å²) in [7, 11) is 0. The van der Waals surface area contributed by atoms with E-state index in [4.69, 9.17) is 0 Å². The van der Waals surface area contributed by atoms with Gasteiger partial charge in [-0.25, -0.2) is 0 Å². The second kappa shape index (κ2) is 13.4. The average molecular weight is 492 g/mol. The predicted octanol–water partition coefficient (Wildman–Crippen LogP) is 3.74. The Morgan fingerprint density at radius 3 is 2.47 bits per heavy atom. The highest BCUT2D eigenvalue weighted by atomic mass is 16.2. The second-order valence-corrected chi connectivity index (χ2v) is 10.4. The van der Waals surface area contributed by atoms with E-state index in [1.807, 2.05) is 12.1 Å². The second-order valence-electron chi connectivity index (χ2n) is 10.4. The molecular weight excluding hydrogens is 450 g/mol. The van der Waals surface area contributed by atoms with Crippen molar-refractivity contribution in [3.63, 3.8) is 0 Å². The van der Waals surface area contributed by atoms with Crippen LogP contribution in [0.4, 0.5) is 5.69 Å². The molecule has 2 saturated heterocycles. The Balaban J connectivity index is 1.28. The van der Waals surface area contributed by atoms with Gasteiger partial charge in [0.2, 0.25) is 11.8 Å². The molecule has 2 fully saturated rings. The Morgan fingerprint density at radius 1 is 0.972 bits per heavy atom. The molecule has 0 spiro atoms. The van der Waals surface area contributed by atoms with Crippen molar-refractivity contribution in [1.29, 1.82) is 0 Å². The zero-order valence-corrected chi connectivity index (χ0v) is 21.6. The van der Waals surface area contributed by atoms with Crippen molar-refractivity contribution in [2.75, 3.05) is 37.6 Å². The van der Waals surface area contributed by atoms with Gasteiger partial charge in [-0.15, -0.1) is 0 Å². The molecule has 2 aliphatic heterocycles. The number of amides is 2. The molecule has 1 aromatic heterocycles. The maximum Gasteiger partial charge on any atom is 0.223 e. The van der Waals surface area contributed by atoms with Gasteiger partial charge in [0.15, 0.2) is 0 Å². The van der Waals surface area contributed by atoms with Crippen molar-refractivity contribution in [3.8, 4) is 0 Å². The summed E-state index contributed by atoms with van der Waals surface area (Å²) in [5.74, 6) is 0.859. The molecule has 3 heterocycles. The fraction of sp³-hybridized carbons (Fsp3) is 0.552. The number of nitrogens with zero attached hydrogens (tertiary/aromatic N) is 3. The van der Waals surface area contributed by atoms with Crippen LogP contribution in [0.3, 0.4) is 0 Å². The number of piperidine rings is 1. The molecule has 4 rings (SSSR count). The molecule has 0 saturated carbocycles. The number of carbonyl (C=O) groups excluding carboxylic acids is 2. The molecule has 1 aromatic carbocycles. The van der Waals surface area contributed by atoms with Crippen LogP contribution in [-0.4, -0.2) is 54.4 Å². The summed E-state index contributed by atoms with van der Waals surface area (Å²) in [5, 5.41) is 6.15. The van der Waals surface area contributed by atoms with Gasteiger partial charge in [0, 0.05) is 69.7 Å². The lowest BCUT2D eigenvalue weighted by molar-refractivity contribution is -0.126. The highest BCUT2D eigenvalue weighted by Crippen LogP contribution is 2.23. The third kappa shape index (κ3) is 8.05. The SMILES string of the molecule is CC1CCN(c2ccc(CNC(=O)C3CCCN(Cc4ccncc4)CCC(=O)NCC3)cc2)CC1. The molecule has 2 aromatic rings. The van der Waals surface area contributed by atoms with Crippen molar-refractivity contribution in [2.45, 2.75) is 58.5 Å². The largest absolute Gasteiger partial charge is 0.372 e. The molecule has 2 N–H and O–H groups in total. The molecule has 36 heavy (non-hydrogen) atoms. The van der Waals surface area contributed by atoms with E-state index in [1.165, 1.54) is 24.1 Å². The topological polar surface area (TPSA) is 77.6 Å². The Labute approximate surface area is 215 Å². The van der Waals surface area contributed by atoms with Crippen LogP contribution in [0.5, 0.6) is 0 Å². The lowest BCUT2D eigenvalue weighted by atomic mass is 9.97. The van der Waals surface area contributed by atoms with Crippen molar-refractivity contribution in [3.05, 3.63) is 59.9 Å². The molecule has 0 bridgehead atoms. The number of benzene rings is 1. The minimum Gasteiger partial charge on any atom is -0.372 e. The first-order valence-corrected chi connectivity index (χ1v) is 13.6. The number of anilines is 1. The van der Waals surface area contributed by atoms with Crippen LogP contribution < -0.4 is 15.5 Å². The first kappa shape index (κ1) is 26.1. The number of hydrogen-bond donors (Lipinski definition) is 2. The van der Waals surface area contributed by atoms with Gasteiger partial charge < -0.3 is 15.5 Å². The van der Waals surface area contributed by atoms with Crippen LogP contribution in [0.2, 0.25) is 0 Å². The van der Waals surface area contributed by atoms with Crippen LogP contribution in [0, 0.1) is 11.8 Å². The standard InChI is InChI=1S/C29H41N5O2/c1-23-11-19-34(20-12-23)27-6-4-24(5-7-27)21-32-29(36)26-3-2-17-33(18-13-28(35)31-16-10-26)22-25-8-14-30-15-9-25/h4-9,14-15,23,26H,2-3,10-13,16-22H2,1H3,(H,31,35)(H,32,36). The number of rotatable bonds is 6. The third-order valence-electron chi connectivity index (χ3n) is 7.58. The molecular formula is C29H41N5O2. The van der Waals surface area contributed by atoms with Crippen LogP contribution in [0.25, 0.3) is 0 Å². The van der Waals surface area contributed by atoms with E-state index >= 15 is 0 Å². The predicted molar refractivity (Wildman–Crippen MR) is 143 cm³/mol. The number of aromatic nitrogens is 1. The van der Waals surface area contributed by atoms with Crippen LogP contribution >= 0.6 is 0 Å². The van der Waals surface area contributed by atoms with Gasteiger partial charge in [-0.05, 0) is 80.0 Å². The normalized spacial score (nSPS) is 20.9. The summed E-state index contributed by atoms with van der Waals surface area (Å²) >= 11 is 0. The first-order valence-electron chi connectivity index (χ1n) is 13.6. The van der Waals surface area contributed by atoms with Gasteiger partial charge in [0.05, 0.1) is 0 Å². The van der Waals surface area contributed by atoms with E-state index in [0.717, 1.165) is 57.0 Å². The molecule has 7 nitrogen and oxygen atoms in total. The summed E-state index contributed by atoms with van der Waals surface area (Å²) < 4.78 is 0. The molecule has 1 atom stereocenters. The Kier molecular flexibility index (Phi) is 9.73. The third-order valence-corrected chi connectivity index (χ3v) is 7.58. The Bertz CT molecular complexity index is 957. The van der Waals surface area contributed by atoms with Crippen molar-refractivity contribution < 1.29 is 9.59 Å². The van der Waals surface area contributed by atoms with E-state index in [2.05, 4.69) is 56.6 Å². The lowest BCUT2D eigenvalue weighted by Crippen LogP contribution is -2.34. The number of carbonyl (C=O) groups is 2. The van der Waals surface area contributed by atoms with Crippen molar-refractivity contribution in [2.24, 2.45) is 11.8 Å². The van der Waals surface area contributed by atoms with Gasteiger partial charge >= 0.3 is 0 Å². The monoisotopic (exact) mass is 491 g/mol. The van der Waals surface area contributed by atoms with E-state index < -0.39 is 0 Å². The molecule has 0 radical (unpaired) electrons. The van der Waals surface area contributed by atoms with Crippen LogP contribution in [-0.2, 0) is 22.7 Å². The summed E-state index contributed by atoms with van der Waals surface area (Å²) in [6, 6.07) is 12.6. The Hall–Kier alpha value is -2.93. The lowest BCUT2D eigenvalue weighted by Gasteiger charge is -2.32. The van der Waals surface area contributed by atoms with Gasteiger partial charge in [0.1, 0.15) is 0 Å². The molecule has 1 unspecified atom stereocenters. The fourth-order valence-corrected chi connectivity index (χ4v) is 5.14.